The van der Waals surface area contributed by atoms with Crippen LogP contribution < -0.4 is 5.32 Å². The Hall–Kier alpha value is -2.28. The summed E-state index contributed by atoms with van der Waals surface area (Å²) in [5, 5.41) is 7.90. The van der Waals surface area contributed by atoms with E-state index in [-0.39, 0.29) is 11.9 Å². The van der Waals surface area contributed by atoms with Crippen molar-refractivity contribution in [3.63, 3.8) is 0 Å². The first-order valence-electron chi connectivity index (χ1n) is 9.61. The molecule has 0 radical (unpaired) electrons. The number of likely N-dealkylation sites (tertiary alicyclic amines) is 1. The van der Waals surface area contributed by atoms with Gasteiger partial charge in [-0.15, -0.1) is 0 Å². The number of nitrogens with one attached hydrogen (secondary N) is 1. The van der Waals surface area contributed by atoms with Crippen LogP contribution in [0.3, 0.4) is 0 Å². The fourth-order valence-electron chi connectivity index (χ4n) is 4.11. The third kappa shape index (κ3) is 2.70. The lowest BCUT2D eigenvalue weighted by molar-refractivity contribution is 0.0718. The Morgan fingerprint density at radius 2 is 2.19 bits per heavy atom. The van der Waals surface area contributed by atoms with Crippen LogP contribution in [0, 0.1) is 0 Å². The minimum absolute atomic E-state index is 0.0260. The standard InChI is InChI=1S/C19H24N6O/c1-24-17(9-15(23-24)12-4-5-12)19(26)25-8-2-3-16(25)18-21-11-13-10-20-7-6-14(13)22-18/h9,11-12,16,20H,2-8,10H2,1H3. The van der Waals surface area contributed by atoms with Gasteiger partial charge in [-0.05, 0) is 31.7 Å². The molecule has 2 aliphatic heterocycles. The van der Waals surface area contributed by atoms with Crippen LogP contribution in [-0.4, -0.2) is 43.6 Å². The van der Waals surface area contributed by atoms with Gasteiger partial charge in [0.2, 0.25) is 0 Å². The molecule has 3 aliphatic rings. The van der Waals surface area contributed by atoms with Crippen LogP contribution in [0.15, 0.2) is 12.3 Å². The lowest BCUT2D eigenvalue weighted by Crippen LogP contribution is -2.33. The molecule has 0 bridgehead atoms. The van der Waals surface area contributed by atoms with Crippen LogP contribution in [0.5, 0.6) is 0 Å². The summed E-state index contributed by atoms with van der Waals surface area (Å²) in [6, 6.07) is 1.95. The predicted octanol–water partition coefficient (Wildman–Crippen LogP) is 1.71. The number of carbonyl (C=O) groups is 1. The van der Waals surface area contributed by atoms with E-state index in [2.05, 4.69) is 15.4 Å². The number of rotatable bonds is 3. The summed E-state index contributed by atoms with van der Waals surface area (Å²) in [5.74, 6) is 1.40. The van der Waals surface area contributed by atoms with Crippen LogP contribution in [0.2, 0.25) is 0 Å². The van der Waals surface area contributed by atoms with Crippen LogP contribution in [0.4, 0.5) is 0 Å². The number of hydrogen-bond acceptors (Lipinski definition) is 5. The van der Waals surface area contributed by atoms with Crippen LogP contribution in [0.1, 0.15) is 70.9 Å². The molecule has 1 atom stereocenters. The van der Waals surface area contributed by atoms with Gasteiger partial charge >= 0.3 is 0 Å². The number of hydrogen-bond donors (Lipinski definition) is 1. The van der Waals surface area contributed by atoms with E-state index in [4.69, 9.17) is 4.98 Å². The van der Waals surface area contributed by atoms with Crippen LogP contribution >= 0.6 is 0 Å². The second kappa shape index (κ2) is 6.16. The molecule has 2 aromatic rings. The average molecular weight is 352 g/mol. The Morgan fingerprint density at radius 3 is 3.04 bits per heavy atom. The molecule has 136 valence electrons. The monoisotopic (exact) mass is 352 g/mol. The minimum Gasteiger partial charge on any atom is -0.327 e. The molecule has 7 nitrogen and oxygen atoms in total. The SMILES string of the molecule is Cn1nc(C2CC2)cc1C(=O)N1CCCC1c1ncc2c(n1)CCNC2. The van der Waals surface area contributed by atoms with Crippen LogP contribution in [-0.2, 0) is 20.0 Å². The van der Waals surface area contributed by atoms with Gasteiger partial charge in [0, 0.05) is 56.5 Å². The van der Waals surface area contributed by atoms with E-state index in [0.717, 1.165) is 56.1 Å². The summed E-state index contributed by atoms with van der Waals surface area (Å²) in [4.78, 5) is 24.6. The van der Waals surface area contributed by atoms with E-state index in [1.807, 2.05) is 24.2 Å². The summed E-state index contributed by atoms with van der Waals surface area (Å²) in [6.45, 7) is 2.55. The van der Waals surface area contributed by atoms with Gasteiger partial charge in [-0.1, -0.05) is 0 Å². The molecule has 5 rings (SSSR count). The molecule has 1 aliphatic carbocycles. The van der Waals surface area contributed by atoms with Crippen molar-refractivity contribution in [3.8, 4) is 0 Å². The molecule has 1 amide bonds. The molecule has 7 heteroatoms. The van der Waals surface area contributed by atoms with E-state index in [0.29, 0.717) is 11.6 Å². The summed E-state index contributed by atoms with van der Waals surface area (Å²) in [6.07, 6.45) is 7.16. The minimum atomic E-state index is -0.0260. The average Bonchev–Trinajstić information content (AvgIpc) is 3.27. The summed E-state index contributed by atoms with van der Waals surface area (Å²) >= 11 is 0. The second-order valence-electron chi connectivity index (χ2n) is 7.64. The second-order valence-corrected chi connectivity index (χ2v) is 7.64. The van der Waals surface area contributed by atoms with Crippen molar-refractivity contribution in [2.75, 3.05) is 13.1 Å². The smallest absolute Gasteiger partial charge is 0.272 e. The molecular formula is C19H24N6O. The molecular weight excluding hydrogens is 328 g/mol. The molecule has 0 spiro atoms. The third-order valence-electron chi connectivity index (χ3n) is 5.75. The van der Waals surface area contributed by atoms with Crippen LogP contribution in [0.25, 0.3) is 0 Å². The van der Waals surface area contributed by atoms with Gasteiger partial charge in [-0.3, -0.25) is 9.48 Å². The van der Waals surface area contributed by atoms with Gasteiger partial charge in [0.25, 0.3) is 5.91 Å². The summed E-state index contributed by atoms with van der Waals surface area (Å²) in [7, 11) is 1.87. The Bertz CT molecular complexity index is 856. The van der Waals surface area contributed by atoms with E-state index in [9.17, 15) is 4.79 Å². The molecule has 2 aromatic heterocycles. The van der Waals surface area contributed by atoms with Gasteiger partial charge in [-0.25, -0.2) is 9.97 Å². The molecule has 1 unspecified atom stereocenters. The molecule has 1 N–H and O–H groups in total. The maximum atomic E-state index is 13.2. The van der Waals surface area contributed by atoms with E-state index < -0.39 is 0 Å². The Balaban J connectivity index is 1.42. The predicted molar refractivity (Wildman–Crippen MR) is 95.6 cm³/mol. The lowest BCUT2D eigenvalue weighted by atomic mass is 10.1. The van der Waals surface area contributed by atoms with E-state index in [1.54, 1.807) is 4.68 Å². The van der Waals surface area contributed by atoms with Gasteiger partial charge in [0.1, 0.15) is 5.69 Å². The zero-order valence-corrected chi connectivity index (χ0v) is 15.1. The number of fused-ring (bicyclic) bond motifs is 1. The first kappa shape index (κ1) is 15.9. The number of aryl methyl sites for hydroxylation is 1. The zero-order chi connectivity index (χ0) is 17.7. The fraction of sp³-hybridized carbons (Fsp3) is 0.579. The molecule has 2 fully saturated rings. The van der Waals surface area contributed by atoms with Crippen molar-refractivity contribution in [2.24, 2.45) is 7.05 Å². The maximum absolute atomic E-state index is 13.2. The van der Waals surface area contributed by atoms with E-state index >= 15 is 0 Å². The highest BCUT2D eigenvalue weighted by Gasteiger charge is 2.35. The highest BCUT2D eigenvalue weighted by molar-refractivity contribution is 5.93. The molecule has 1 saturated carbocycles. The van der Waals surface area contributed by atoms with Crippen molar-refractivity contribution < 1.29 is 4.79 Å². The van der Waals surface area contributed by atoms with Gasteiger partial charge < -0.3 is 10.2 Å². The quantitative estimate of drug-likeness (QED) is 0.910. The Morgan fingerprint density at radius 1 is 1.31 bits per heavy atom. The van der Waals surface area contributed by atoms with Crippen molar-refractivity contribution in [1.82, 2.24) is 30.0 Å². The normalized spacial score (nSPS) is 22.5. The summed E-state index contributed by atoms with van der Waals surface area (Å²) in [5.41, 5.74) is 4.05. The number of nitrogens with zero attached hydrogens (tertiary/aromatic N) is 5. The molecule has 4 heterocycles. The fourth-order valence-corrected chi connectivity index (χ4v) is 4.11. The molecule has 0 aromatic carbocycles. The highest BCUT2D eigenvalue weighted by Crippen LogP contribution is 2.40. The van der Waals surface area contributed by atoms with Crippen molar-refractivity contribution in [2.45, 2.75) is 50.6 Å². The first-order chi connectivity index (χ1) is 12.7. The topological polar surface area (TPSA) is 75.9 Å². The number of amides is 1. The number of aromatic nitrogens is 4. The van der Waals surface area contributed by atoms with Crippen molar-refractivity contribution >= 4 is 5.91 Å². The maximum Gasteiger partial charge on any atom is 0.272 e. The largest absolute Gasteiger partial charge is 0.327 e. The van der Waals surface area contributed by atoms with Gasteiger partial charge in [0.05, 0.1) is 11.7 Å². The molecule has 1 saturated heterocycles. The zero-order valence-electron chi connectivity index (χ0n) is 15.1. The number of carbonyl (C=O) groups excluding carboxylic acids is 1. The van der Waals surface area contributed by atoms with Crippen molar-refractivity contribution in [3.05, 3.63) is 40.7 Å². The third-order valence-corrected chi connectivity index (χ3v) is 5.75. The Labute approximate surface area is 152 Å². The first-order valence-corrected chi connectivity index (χ1v) is 9.61. The van der Waals surface area contributed by atoms with Gasteiger partial charge in [0.15, 0.2) is 5.82 Å². The Kier molecular flexibility index (Phi) is 3.77. The summed E-state index contributed by atoms with van der Waals surface area (Å²) < 4.78 is 1.74. The lowest BCUT2D eigenvalue weighted by Gasteiger charge is -2.25. The molecule has 26 heavy (non-hydrogen) atoms. The van der Waals surface area contributed by atoms with Crippen molar-refractivity contribution in [1.29, 1.82) is 0 Å². The van der Waals surface area contributed by atoms with Gasteiger partial charge in [-0.2, -0.15) is 5.10 Å². The highest BCUT2D eigenvalue weighted by atomic mass is 16.2. The van der Waals surface area contributed by atoms with E-state index in [1.165, 1.54) is 18.4 Å².